The topological polar surface area (TPSA) is 99.0 Å². The number of rotatable bonds is 7. The van der Waals surface area contributed by atoms with Crippen molar-refractivity contribution >= 4 is 27.0 Å². The van der Waals surface area contributed by atoms with Gasteiger partial charge in [-0.3, -0.25) is 4.72 Å². The first kappa shape index (κ1) is 22.0. The number of ether oxygens (including phenoxy) is 1. The molecule has 1 N–H and O–H groups in total. The van der Waals surface area contributed by atoms with Crippen LogP contribution in [0.2, 0.25) is 0 Å². The first-order valence-electron chi connectivity index (χ1n) is 10.0. The highest BCUT2D eigenvalue weighted by atomic mass is 32.2. The summed E-state index contributed by atoms with van der Waals surface area (Å²) in [4.78, 5) is 9.48. The van der Waals surface area contributed by atoms with E-state index in [2.05, 4.69) is 19.8 Å². The van der Waals surface area contributed by atoms with E-state index in [9.17, 15) is 8.42 Å². The molecule has 3 aromatic heterocycles. The van der Waals surface area contributed by atoms with Gasteiger partial charge in [-0.2, -0.15) is 5.10 Å². The van der Waals surface area contributed by atoms with Gasteiger partial charge in [0, 0.05) is 22.3 Å². The molecule has 32 heavy (non-hydrogen) atoms. The van der Waals surface area contributed by atoms with Gasteiger partial charge in [0.1, 0.15) is 16.3 Å². The standard InChI is InChI=1S/C22H23N5O3S2/c1-5-19-10-11-22(31-19)32(28,29)26-17-6-8-18(9-7-17)30-21-12-20(23-13-24-21)27-16(4)14(2)15(3)25-27/h6-13,26H,5H2,1-4H3. The van der Waals surface area contributed by atoms with E-state index < -0.39 is 10.0 Å². The third-order valence-corrected chi connectivity index (χ3v) is 8.18. The van der Waals surface area contributed by atoms with E-state index >= 15 is 0 Å². The van der Waals surface area contributed by atoms with Crippen LogP contribution in [0.1, 0.15) is 28.8 Å². The van der Waals surface area contributed by atoms with Crippen molar-refractivity contribution in [3.8, 4) is 17.4 Å². The van der Waals surface area contributed by atoms with Crippen LogP contribution in [0.15, 0.2) is 53.0 Å². The van der Waals surface area contributed by atoms with Crippen LogP contribution in [0, 0.1) is 20.8 Å². The summed E-state index contributed by atoms with van der Waals surface area (Å²) in [7, 11) is -3.62. The molecule has 1 aromatic carbocycles. The number of nitrogens with one attached hydrogen (secondary N) is 1. The Bertz CT molecular complexity index is 1360. The van der Waals surface area contributed by atoms with E-state index in [0.717, 1.165) is 28.2 Å². The van der Waals surface area contributed by atoms with Gasteiger partial charge in [-0.1, -0.05) is 6.92 Å². The van der Waals surface area contributed by atoms with E-state index in [1.165, 1.54) is 17.7 Å². The Morgan fingerprint density at radius 1 is 1.06 bits per heavy atom. The lowest BCUT2D eigenvalue weighted by molar-refractivity contribution is 0.460. The second kappa shape index (κ2) is 8.71. The average molecular weight is 470 g/mol. The van der Waals surface area contributed by atoms with E-state index in [-0.39, 0.29) is 0 Å². The zero-order valence-electron chi connectivity index (χ0n) is 18.2. The summed E-state index contributed by atoms with van der Waals surface area (Å²) in [6.07, 6.45) is 2.22. The van der Waals surface area contributed by atoms with Gasteiger partial charge in [0.2, 0.25) is 5.88 Å². The van der Waals surface area contributed by atoms with Gasteiger partial charge in [-0.25, -0.2) is 23.1 Å². The molecule has 0 fully saturated rings. The van der Waals surface area contributed by atoms with Crippen LogP contribution in [0.3, 0.4) is 0 Å². The molecule has 0 spiro atoms. The third-order valence-electron chi connectivity index (χ3n) is 5.08. The molecule has 0 saturated heterocycles. The smallest absolute Gasteiger partial charge is 0.271 e. The molecule has 0 bridgehead atoms. The maximum Gasteiger partial charge on any atom is 0.271 e. The molecule has 166 valence electrons. The molecule has 0 aliphatic carbocycles. The van der Waals surface area contributed by atoms with Gasteiger partial charge >= 0.3 is 0 Å². The number of sulfonamides is 1. The second-order valence-electron chi connectivity index (χ2n) is 7.23. The summed E-state index contributed by atoms with van der Waals surface area (Å²) in [6.45, 7) is 7.95. The predicted molar refractivity (Wildman–Crippen MR) is 124 cm³/mol. The largest absolute Gasteiger partial charge is 0.439 e. The zero-order chi connectivity index (χ0) is 22.9. The minimum absolute atomic E-state index is 0.294. The normalized spacial score (nSPS) is 11.5. The molecule has 0 radical (unpaired) electrons. The number of hydrogen-bond donors (Lipinski definition) is 1. The van der Waals surface area contributed by atoms with Crippen molar-refractivity contribution in [1.82, 2.24) is 19.7 Å². The van der Waals surface area contributed by atoms with Crippen LogP contribution in [0.5, 0.6) is 11.6 Å². The summed E-state index contributed by atoms with van der Waals surface area (Å²) in [5.74, 6) is 1.49. The quantitative estimate of drug-likeness (QED) is 0.417. The summed E-state index contributed by atoms with van der Waals surface area (Å²) in [5.41, 5.74) is 3.50. The summed E-state index contributed by atoms with van der Waals surface area (Å²) < 4.78 is 35.6. The van der Waals surface area contributed by atoms with Crippen LogP contribution >= 0.6 is 11.3 Å². The molecule has 4 rings (SSSR count). The highest BCUT2D eigenvalue weighted by Gasteiger charge is 2.17. The highest BCUT2D eigenvalue weighted by Crippen LogP contribution is 2.27. The Hall–Kier alpha value is -3.24. The van der Waals surface area contributed by atoms with E-state index in [1.54, 1.807) is 41.1 Å². The van der Waals surface area contributed by atoms with Gasteiger partial charge in [0.05, 0.1) is 5.69 Å². The molecule has 0 saturated carbocycles. The van der Waals surface area contributed by atoms with Gasteiger partial charge in [0.15, 0.2) is 5.82 Å². The molecule has 8 nitrogen and oxygen atoms in total. The summed E-state index contributed by atoms with van der Waals surface area (Å²) in [5, 5.41) is 4.51. The van der Waals surface area contributed by atoms with Gasteiger partial charge in [-0.05, 0) is 69.2 Å². The lowest BCUT2D eigenvalue weighted by Crippen LogP contribution is -2.11. The molecule has 0 unspecified atom stereocenters. The Labute approximate surface area is 191 Å². The lowest BCUT2D eigenvalue weighted by atomic mass is 10.2. The van der Waals surface area contributed by atoms with Gasteiger partial charge in [-0.15, -0.1) is 11.3 Å². The molecule has 0 aliphatic heterocycles. The number of thiophene rings is 1. The fraction of sp³-hybridized carbons (Fsp3) is 0.227. The SMILES string of the molecule is CCc1ccc(S(=O)(=O)Nc2ccc(Oc3cc(-n4nc(C)c(C)c4C)ncn3)cc2)s1. The monoisotopic (exact) mass is 469 g/mol. The van der Waals surface area contributed by atoms with Crippen molar-refractivity contribution in [2.75, 3.05) is 4.72 Å². The number of nitrogens with zero attached hydrogens (tertiary/aromatic N) is 4. The van der Waals surface area contributed by atoms with Crippen LogP contribution in [0.4, 0.5) is 5.69 Å². The number of aryl methyl sites for hydroxylation is 2. The number of anilines is 1. The van der Waals surface area contributed by atoms with Crippen LogP contribution in [-0.4, -0.2) is 28.2 Å². The first-order chi connectivity index (χ1) is 15.3. The van der Waals surface area contributed by atoms with Crippen LogP contribution in [0.25, 0.3) is 5.82 Å². The van der Waals surface area contributed by atoms with Crippen molar-refractivity contribution in [3.63, 3.8) is 0 Å². The fourth-order valence-electron chi connectivity index (χ4n) is 3.06. The molecule has 0 atom stereocenters. The van der Waals surface area contributed by atoms with Crippen molar-refractivity contribution in [2.24, 2.45) is 0 Å². The van der Waals surface area contributed by atoms with E-state index in [1.807, 2.05) is 33.8 Å². The van der Waals surface area contributed by atoms with Gasteiger partial charge < -0.3 is 4.74 Å². The Kier molecular flexibility index (Phi) is 5.98. The lowest BCUT2D eigenvalue weighted by Gasteiger charge is -2.09. The minimum atomic E-state index is -3.62. The molecule has 0 amide bonds. The van der Waals surface area contributed by atoms with Crippen LogP contribution in [-0.2, 0) is 16.4 Å². The highest BCUT2D eigenvalue weighted by molar-refractivity contribution is 7.94. The first-order valence-corrected chi connectivity index (χ1v) is 12.3. The van der Waals surface area contributed by atoms with Crippen molar-refractivity contribution in [2.45, 2.75) is 38.3 Å². The minimum Gasteiger partial charge on any atom is -0.439 e. The molecule has 0 aliphatic rings. The number of hydrogen-bond acceptors (Lipinski definition) is 7. The Balaban J connectivity index is 1.49. The fourth-order valence-corrected chi connectivity index (χ4v) is 5.41. The number of aromatic nitrogens is 4. The summed E-state index contributed by atoms with van der Waals surface area (Å²) in [6, 6.07) is 11.8. The molecule has 10 heteroatoms. The van der Waals surface area contributed by atoms with E-state index in [4.69, 9.17) is 4.74 Å². The van der Waals surface area contributed by atoms with Crippen LogP contribution < -0.4 is 9.46 Å². The van der Waals surface area contributed by atoms with Crippen molar-refractivity contribution in [3.05, 3.63) is 70.6 Å². The molecule has 4 aromatic rings. The summed E-state index contributed by atoms with van der Waals surface area (Å²) >= 11 is 1.27. The Morgan fingerprint density at radius 2 is 1.81 bits per heavy atom. The van der Waals surface area contributed by atoms with Crippen molar-refractivity contribution in [1.29, 1.82) is 0 Å². The molecule has 3 heterocycles. The molecular weight excluding hydrogens is 446 g/mol. The third kappa shape index (κ3) is 4.51. The van der Waals surface area contributed by atoms with Crippen molar-refractivity contribution < 1.29 is 13.2 Å². The Morgan fingerprint density at radius 3 is 2.44 bits per heavy atom. The second-order valence-corrected chi connectivity index (χ2v) is 10.3. The van der Waals surface area contributed by atoms with E-state index in [0.29, 0.717) is 27.3 Å². The predicted octanol–water partition coefficient (Wildman–Crippen LogP) is 4.80. The van der Waals surface area contributed by atoms with Gasteiger partial charge in [0.25, 0.3) is 10.0 Å². The zero-order valence-corrected chi connectivity index (χ0v) is 19.8. The maximum absolute atomic E-state index is 12.6. The average Bonchev–Trinajstić information content (AvgIpc) is 3.37. The molecular formula is C22H23N5O3S2. The number of benzene rings is 1. The maximum atomic E-state index is 12.6.